The molecule has 0 aliphatic carbocycles. The molecular weight excluding hydrogens is 275 g/mol. The van der Waals surface area contributed by atoms with Crippen molar-refractivity contribution in [2.75, 3.05) is 0 Å². The van der Waals surface area contributed by atoms with Gasteiger partial charge in [-0.2, -0.15) is 0 Å². The molecule has 1 unspecified atom stereocenters. The van der Waals surface area contributed by atoms with E-state index in [1.54, 1.807) is 0 Å². The predicted octanol–water partition coefficient (Wildman–Crippen LogP) is 2.86. The van der Waals surface area contributed by atoms with Gasteiger partial charge in [0.15, 0.2) is 0 Å². The van der Waals surface area contributed by atoms with Crippen molar-refractivity contribution in [3.05, 3.63) is 41.4 Å². The summed E-state index contributed by atoms with van der Waals surface area (Å²) in [6.07, 6.45) is 7.52. The summed E-state index contributed by atoms with van der Waals surface area (Å²) in [4.78, 5) is 2.13. The Morgan fingerprint density at radius 1 is 1.18 bits per heavy atom. The van der Waals surface area contributed by atoms with Crippen LogP contribution in [0.3, 0.4) is 0 Å². The van der Waals surface area contributed by atoms with E-state index in [1.165, 1.54) is 23.7 Å². The Morgan fingerprint density at radius 3 is 2.65 bits per heavy atom. The number of aliphatic hydroxyl groups excluding tert-OH is 1. The van der Waals surface area contributed by atoms with E-state index >= 15 is 0 Å². The van der Waals surface area contributed by atoms with Gasteiger partial charge in [-0.05, 0) is 0 Å². The average Bonchev–Trinajstić information content (AvgIpc) is 2.36. The second-order valence-electron chi connectivity index (χ2n) is 4.18. The van der Waals surface area contributed by atoms with Gasteiger partial charge >= 0.3 is 111 Å². The van der Waals surface area contributed by atoms with Crippen LogP contribution in [0.2, 0.25) is 0 Å². The first-order valence-corrected chi connectivity index (χ1v) is 8.24. The molecule has 0 saturated carbocycles. The summed E-state index contributed by atoms with van der Waals surface area (Å²) in [7, 11) is 0. The standard InChI is InChI=1S/C15H22OSe/c1-2-3-4-6-9-14(16)12-13-17-15-10-7-5-8-11-15/h5,7-8,10-14,16H,2-4,6,9H2,1H3/b13-12+. The van der Waals surface area contributed by atoms with Crippen molar-refractivity contribution in [1.82, 2.24) is 0 Å². The van der Waals surface area contributed by atoms with Gasteiger partial charge in [0.25, 0.3) is 0 Å². The maximum atomic E-state index is 9.75. The molecule has 0 aliphatic rings. The summed E-state index contributed by atoms with van der Waals surface area (Å²) in [5.41, 5.74) is 0. The second kappa shape index (κ2) is 9.47. The summed E-state index contributed by atoms with van der Waals surface area (Å²) in [5, 5.41) is 9.75. The van der Waals surface area contributed by atoms with Crippen molar-refractivity contribution in [1.29, 1.82) is 0 Å². The van der Waals surface area contributed by atoms with Gasteiger partial charge in [0.1, 0.15) is 0 Å². The van der Waals surface area contributed by atoms with Gasteiger partial charge in [-0.15, -0.1) is 0 Å². The minimum atomic E-state index is -0.252. The molecule has 0 fully saturated rings. The van der Waals surface area contributed by atoms with Crippen molar-refractivity contribution >= 4 is 19.4 Å². The van der Waals surface area contributed by atoms with Crippen molar-refractivity contribution in [2.24, 2.45) is 0 Å². The molecule has 1 aromatic rings. The fraction of sp³-hybridized carbons (Fsp3) is 0.467. The van der Waals surface area contributed by atoms with Gasteiger partial charge in [-0.3, -0.25) is 0 Å². The third-order valence-corrected chi connectivity index (χ3v) is 4.36. The van der Waals surface area contributed by atoms with Gasteiger partial charge in [0.05, 0.1) is 0 Å². The molecule has 1 nitrogen and oxygen atoms in total. The Labute approximate surface area is 111 Å². The monoisotopic (exact) mass is 298 g/mol. The van der Waals surface area contributed by atoms with E-state index in [0.29, 0.717) is 15.0 Å². The zero-order chi connectivity index (χ0) is 12.3. The summed E-state index contributed by atoms with van der Waals surface area (Å²) in [6, 6.07) is 10.4. The first-order chi connectivity index (χ1) is 8.33. The molecule has 94 valence electrons. The molecule has 1 rings (SSSR count). The Hall–Kier alpha value is -0.561. The molecule has 0 radical (unpaired) electrons. The van der Waals surface area contributed by atoms with Gasteiger partial charge in [-0.1, -0.05) is 0 Å². The minimum absolute atomic E-state index is 0.252. The average molecular weight is 297 g/mol. The van der Waals surface area contributed by atoms with Crippen LogP contribution in [0.1, 0.15) is 39.0 Å². The van der Waals surface area contributed by atoms with Crippen LogP contribution in [0.5, 0.6) is 0 Å². The fourth-order valence-corrected chi connectivity index (χ4v) is 3.12. The predicted molar refractivity (Wildman–Crippen MR) is 75.7 cm³/mol. The van der Waals surface area contributed by atoms with Crippen molar-refractivity contribution in [2.45, 2.75) is 45.1 Å². The molecule has 0 heterocycles. The third-order valence-electron chi connectivity index (χ3n) is 2.60. The number of hydrogen-bond acceptors (Lipinski definition) is 1. The van der Waals surface area contributed by atoms with Crippen LogP contribution in [0, 0.1) is 0 Å². The zero-order valence-electron chi connectivity index (χ0n) is 10.5. The van der Waals surface area contributed by atoms with Gasteiger partial charge in [-0.25, -0.2) is 0 Å². The molecule has 1 N–H and O–H groups in total. The zero-order valence-corrected chi connectivity index (χ0v) is 12.2. The second-order valence-corrected chi connectivity index (χ2v) is 6.23. The summed E-state index contributed by atoms with van der Waals surface area (Å²) >= 11 is 0.353. The molecule has 0 saturated heterocycles. The van der Waals surface area contributed by atoms with Crippen LogP contribution in [0.15, 0.2) is 41.4 Å². The van der Waals surface area contributed by atoms with Gasteiger partial charge in [0, 0.05) is 0 Å². The molecule has 0 aliphatic heterocycles. The van der Waals surface area contributed by atoms with Crippen LogP contribution in [0.4, 0.5) is 0 Å². The maximum absolute atomic E-state index is 9.75. The summed E-state index contributed by atoms with van der Waals surface area (Å²) < 4.78 is 1.36. The van der Waals surface area contributed by atoms with E-state index in [9.17, 15) is 5.11 Å². The Morgan fingerprint density at radius 2 is 1.94 bits per heavy atom. The Balaban J connectivity index is 2.15. The van der Waals surface area contributed by atoms with E-state index in [1.807, 2.05) is 12.1 Å². The molecule has 1 atom stereocenters. The van der Waals surface area contributed by atoms with Crippen LogP contribution >= 0.6 is 0 Å². The van der Waals surface area contributed by atoms with E-state index < -0.39 is 0 Å². The van der Waals surface area contributed by atoms with E-state index in [2.05, 4.69) is 36.2 Å². The Kier molecular flexibility index (Phi) is 8.08. The molecule has 0 amide bonds. The fourth-order valence-electron chi connectivity index (χ4n) is 1.58. The normalized spacial score (nSPS) is 13.1. The molecule has 17 heavy (non-hydrogen) atoms. The van der Waals surface area contributed by atoms with E-state index in [-0.39, 0.29) is 6.10 Å². The third kappa shape index (κ3) is 7.38. The number of rotatable bonds is 8. The van der Waals surface area contributed by atoms with E-state index in [0.717, 1.165) is 12.8 Å². The first-order valence-electron chi connectivity index (χ1n) is 6.39. The number of aliphatic hydroxyl groups is 1. The van der Waals surface area contributed by atoms with Crippen LogP contribution < -0.4 is 4.46 Å². The summed E-state index contributed by atoms with van der Waals surface area (Å²) in [5.74, 6) is 0. The van der Waals surface area contributed by atoms with Gasteiger partial charge in [0.2, 0.25) is 0 Å². The van der Waals surface area contributed by atoms with Crippen molar-refractivity contribution < 1.29 is 5.11 Å². The SMILES string of the molecule is CCCCCCC(O)/C=C/[Se]c1ccccc1. The molecular formula is C15H22OSe. The molecule has 0 aromatic heterocycles. The van der Waals surface area contributed by atoms with Crippen LogP contribution in [-0.2, 0) is 0 Å². The van der Waals surface area contributed by atoms with E-state index in [4.69, 9.17) is 0 Å². The topological polar surface area (TPSA) is 20.2 Å². The number of hydrogen-bond donors (Lipinski definition) is 1. The van der Waals surface area contributed by atoms with Crippen LogP contribution in [0.25, 0.3) is 0 Å². The van der Waals surface area contributed by atoms with Crippen molar-refractivity contribution in [3.8, 4) is 0 Å². The Bertz CT molecular complexity index is 308. The van der Waals surface area contributed by atoms with Crippen molar-refractivity contribution in [3.63, 3.8) is 0 Å². The molecule has 0 bridgehead atoms. The van der Waals surface area contributed by atoms with Crippen LogP contribution in [-0.4, -0.2) is 26.2 Å². The molecule has 0 spiro atoms. The molecule has 2 heteroatoms. The number of unbranched alkanes of at least 4 members (excludes halogenated alkanes) is 3. The van der Waals surface area contributed by atoms with Gasteiger partial charge < -0.3 is 0 Å². The molecule has 1 aromatic carbocycles. The first kappa shape index (κ1) is 14.5. The number of benzene rings is 1. The summed E-state index contributed by atoms with van der Waals surface area (Å²) in [6.45, 7) is 2.21. The quantitative estimate of drug-likeness (QED) is 0.578.